The van der Waals surface area contributed by atoms with E-state index in [4.69, 9.17) is 38.4 Å². The van der Waals surface area contributed by atoms with Gasteiger partial charge in [0.05, 0.1) is 22.8 Å². The molecule has 21 heavy (non-hydrogen) atoms. The molecule has 0 atom stereocenters. The van der Waals surface area contributed by atoms with Crippen LogP contribution in [-0.2, 0) is 11.3 Å². The van der Waals surface area contributed by atoms with E-state index in [0.29, 0.717) is 0 Å². The smallest absolute Gasteiger partial charge is 0.342 e. The third-order valence-corrected chi connectivity index (χ3v) is 3.52. The molecule has 2 rings (SSSR count). The lowest BCUT2D eigenvalue weighted by Gasteiger charge is -2.10. The van der Waals surface area contributed by atoms with Crippen molar-refractivity contribution >= 4 is 34.9 Å². The summed E-state index contributed by atoms with van der Waals surface area (Å²) in [7, 11) is 1.58. The molecule has 0 saturated carbocycles. The van der Waals surface area contributed by atoms with E-state index in [1.54, 1.807) is 31.4 Å². The molecule has 0 saturated heterocycles. The SMILES string of the molecule is COc1ccc(COC(=O)c2c(Cl)ccc(Cl)c2N)cc1. The highest BCUT2D eigenvalue weighted by Crippen LogP contribution is 2.30. The normalized spacial score (nSPS) is 10.2. The summed E-state index contributed by atoms with van der Waals surface area (Å²) in [6.07, 6.45) is 0. The number of esters is 1. The second-order valence-electron chi connectivity index (χ2n) is 4.24. The first kappa shape index (κ1) is 15.5. The van der Waals surface area contributed by atoms with Gasteiger partial charge in [-0.05, 0) is 29.8 Å². The number of benzene rings is 2. The van der Waals surface area contributed by atoms with Crippen LogP contribution in [0.15, 0.2) is 36.4 Å². The second-order valence-corrected chi connectivity index (χ2v) is 5.06. The zero-order valence-corrected chi connectivity index (χ0v) is 12.7. The van der Waals surface area contributed by atoms with Gasteiger partial charge in [-0.25, -0.2) is 4.79 Å². The van der Waals surface area contributed by atoms with Gasteiger partial charge in [0.1, 0.15) is 17.9 Å². The Hall–Kier alpha value is -1.91. The average Bonchev–Trinajstić information content (AvgIpc) is 2.50. The van der Waals surface area contributed by atoms with Crippen molar-refractivity contribution < 1.29 is 14.3 Å². The van der Waals surface area contributed by atoms with Gasteiger partial charge in [-0.3, -0.25) is 0 Å². The van der Waals surface area contributed by atoms with Gasteiger partial charge in [-0.2, -0.15) is 0 Å². The third kappa shape index (κ3) is 3.60. The van der Waals surface area contributed by atoms with Crippen molar-refractivity contribution in [1.29, 1.82) is 0 Å². The van der Waals surface area contributed by atoms with E-state index in [2.05, 4.69) is 0 Å². The Kier molecular flexibility index (Phi) is 4.94. The lowest BCUT2D eigenvalue weighted by Crippen LogP contribution is -2.09. The maximum atomic E-state index is 12.1. The quantitative estimate of drug-likeness (QED) is 0.683. The number of hydrogen-bond donors (Lipinski definition) is 1. The summed E-state index contributed by atoms with van der Waals surface area (Å²) in [5.41, 5.74) is 6.77. The van der Waals surface area contributed by atoms with Crippen LogP contribution in [0.3, 0.4) is 0 Å². The topological polar surface area (TPSA) is 61.5 Å². The van der Waals surface area contributed by atoms with Crippen molar-refractivity contribution in [3.63, 3.8) is 0 Å². The Balaban J connectivity index is 2.10. The molecular formula is C15H13Cl2NO3. The Morgan fingerprint density at radius 1 is 1.10 bits per heavy atom. The molecule has 0 fully saturated rings. The van der Waals surface area contributed by atoms with Crippen LogP contribution in [0.2, 0.25) is 10.0 Å². The minimum Gasteiger partial charge on any atom is -0.497 e. The number of anilines is 1. The molecule has 2 aromatic rings. The predicted molar refractivity (Wildman–Crippen MR) is 83.0 cm³/mol. The minimum atomic E-state index is -0.615. The molecule has 0 radical (unpaired) electrons. The van der Waals surface area contributed by atoms with E-state index in [9.17, 15) is 4.79 Å². The third-order valence-electron chi connectivity index (χ3n) is 2.87. The van der Waals surface area contributed by atoms with Crippen LogP contribution < -0.4 is 10.5 Å². The largest absolute Gasteiger partial charge is 0.497 e. The van der Waals surface area contributed by atoms with E-state index in [-0.39, 0.29) is 27.9 Å². The first-order valence-corrected chi connectivity index (χ1v) is 6.82. The highest BCUT2D eigenvalue weighted by Gasteiger charge is 2.18. The van der Waals surface area contributed by atoms with E-state index >= 15 is 0 Å². The highest BCUT2D eigenvalue weighted by molar-refractivity contribution is 6.38. The van der Waals surface area contributed by atoms with Crippen molar-refractivity contribution in [3.8, 4) is 5.75 Å². The van der Waals surface area contributed by atoms with Crippen LogP contribution in [-0.4, -0.2) is 13.1 Å². The summed E-state index contributed by atoms with van der Waals surface area (Å²) in [6.45, 7) is 0.102. The van der Waals surface area contributed by atoms with Crippen LogP contribution in [0.4, 0.5) is 5.69 Å². The number of carbonyl (C=O) groups excluding carboxylic acids is 1. The zero-order chi connectivity index (χ0) is 15.4. The number of carbonyl (C=O) groups is 1. The summed E-state index contributed by atoms with van der Waals surface area (Å²) in [4.78, 5) is 12.1. The van der Waals surface area contributed by atoms with E-state index in [1.165, 1.54) is 12.1 Å². The molecule has 0 aromatic heterocycles. The lowest BCUT2D eigenvalue weighted by atomic mass is 10.2. The number of nitrogens with two attached hydrogens (primary N) is 1. The lowest BCUT2D eigenvalue weighted by molar-refractivity contribution is 0.0474. The Bertz CT molecular complexity index is 657. The Morgan fingerprint density at radius 3 is 2.33 bits per heavy atom. The standard InChI is InChI=1S/C15H13Cl2NO3/c1-20-10-4-2-9(3-5-10)8-21-15(19)13-11(16)6-7-12(17)14(13)18/h2-7H,8,18H2,1H3. The minimum absolute atomic E-state index is 0.0812. The van der Waals surface area contributed by atoms with Crippen LogP contribution in [0.5, 0.6) is 5.75 Å². The molecule has 6 heteroatoms. The molecule has 0 aliphatic heterocycles. The summed E-state index contributed by atoms with van der Waals surface area (Å²) < 4.78 is 10.3. The Morgan fingerprint density at radius 2 is 1.71 bits per heavy atom. The maximum Gasteiger partial charge on any atom is 0.342 e. The molecule has 0 heterocycles. The number of halogens is 2. The number of rotatable bonds is 4. The van der Waals surface area contributed by atoms with Crippen molar-refractivity contribution in [3.05, 3.63) is 57.6 Å². The summed E-state index contributed by atoms with van der Waals surface area (Å²) in [5, 5.41) is 0.465. The molecule has 0 aliphatic rings. The van der Waals surface area contributed by atoms with E-state index in [1.807, 2.05) is 0 Å². The number of ether oxygens (including phenoxy) is 2. The molecular weight excluding hydrogens is 313 g/mol. The summed E-state index contributed by atoms with van der Waals surface area (Å²) in [6, 6.07) is 10.2. The van der Waals surface area contributed by atoms with Gasteiger partial charge in [-0.15, -0.1) is 0 Å². The molecule has 4 nitrogen and oxygen atoms in total. The van der Waals surface area contributed by atoms with Crippen LogP contribution >= 0.6 is 23.2 Å². The first-order valence-electron chi connectivity index (χ1n) is 6.06. The predicted octanol–water partition coefficient (Wildman–Crippen LogP) is 3.94. The van der Waals surface area contributed by atoms with Gasteiger partial charge in [0.2, 0.25) is 0 Å². The fraction of sp³-hybridized carbons (Fsp3) is 0.133. The molecule has 2 aromatic carbocycles. The molecule has 0 spiro atoms. The van der Waals surface area contributed by atoms with Crippen LogP contribution in [0, 0.1) is 0 Å². The molecule has 2 N–H and O–H groups in total. The number of hydrogen-bond acceptors (Lipinski definition) is 4. The number of nitrogen functional groups attached to an aromatic ring is 1. The van der Waals surface area contributed by atoms with E-state index in [0.717, 1.165) is 11.3 Å². The molecule has 110 valence electrons. The zero-order valence-electron chi connectivity index (χ0n) is 11.2. The first-order chi connectivity index (χ1) is 10.0. The monoisotopic (exact) mass is 325 g/mol. The fourth-order valence-corrected chi connectivity index (χ4v) is 2.12. The molecule has 0 unspecified atom stereocenters. The highest BCUT2D eigenvalue weighted by atomic mass is 35.5. The van der Waals surface area contributed by atoms with Crippen molar-refractivity contribution in [2.45, 2.75) is 6.61 Å². The van der Waals surface area contributed by atoms with E-state index < -0.39 is 5.97 Å². The van der Waals surface area contributed by atoms with Gasteiger partial charge in [0.15, 0.2) is 0 Å². The van der Waals surface area contributed by atoms with Gasteiger partial charge in [0.25, 0.3) is 0 Å². The second kappa shape index (κ2) is 6.70. The fourth-order valence-electron chi connectivity index (χ4n) is 1.72. The van der Waals surface area contributed by atoms with Gasteiger partial charge >= 0.3 is 5.97 Å². The average molecular weight is 326 g/mol. The van der Waals surface area contributed by atoms with Gasteiger partial charge in [0, 0.05) is 0 Å². The molecule has 0 bridgehead atoms. The summed E-state index contributed by atoms with van der Waals surface area (Å²) >= 11 is 11.8. The van der Waals surface area contributed by atoms with Crippen LogP contribution in [0.1, 0.15) is 15.9 Å². The molecule has 0 aliphatic carbocycles. The van der Waals surface area contributed by atoms with Crippen molar-refractivity contribution in [1.82, 2.24) is 0 Å². The maximum absolute atomic E-state index is 12.1. The van der Waals surface area contributed by atoms with Gasteiger partial charge < -0.3 is 15.2 Å². The number of methoxy groups -OCH3 is 1. The van der Waals surface area contributed by atoms with Crippen LogP contribution in [0.25, 0.3) is 0 Å². The van der Waals surface area contributed by atoms with Crippen molar-refractivity contribution in [2.24, 2.45) is 0 Å². The van der Waals surface area contributed by atoms with Gasteiger partial charge in [-0.1, -0.05) is 35.3 Å². The summed E-state index contributed by atoms with van der Waals surface area (Å²) in [5.74, 6) is 0.114. The van der Waals surface area contributed by atoms with Crippen molar-refractivity contribution in [2.75, 3.05) is 12.8 Å². The Labute approximate surface area is 132 Å². The molecule has 0 amide bonds.